The molecular weight excluding hydrogens is 304 g/mol. The number of benzene rings is 1. The molecule has 2 aliphatic rings. The Morgan fingerprint density at radius 1 is 1.47 bits per heavy atom. The van der Waals surface area contributed by atoms with Crippen molar-refractivity contribution in [2.45, 2.75) is 44.4 Å². The molecule has 1 unspecified atom stereocenters. The van der Waals surface area contributed by atoms with Crippen LogP contribution in [0.15, 0.2) is 22.7 Å². The molecule has 19 heavy (non-hydrogen) atoms. The van der Waals surface area contributed by atoms with E-state index in [1.165, 1.54) is 0 Å². The molecule has 1 spiro atoms. The lowest BCUT2D eigenvalue weighted by molar-refractivity contribution is 0.0409. The van der Waals surface area contributed by atoms with Gasteiger partial charge in [-0.05, 0) is 26.0 Å². The topological polar surface area (TPSA) is 38.5 Å². The molecule has 104 valence electrons. The molecule has 0 aromatic heterocycles. The molecule has 3 rings (SSSR count). The minimum Gasteiger partial charge on any atom is -0.485 e. The average Bonchev–Trinajstić information content (AvgIpc) is 2.72. The van der Waals surface area contributed by atoms with Crippen LogP contribution in [0.4, 0.5) is 0 Å². The van der Waals surface area contributed by atoms with Gasteiger partial charge < -0.3 is 10.5 Å². The first-order valence-corrected chi connectivity index (χ1v) is 7.76. The van der Waals surface area contributed by atoms with Crippen molar-refractivity contribution in [2.75, 3.05) is 13.1 Å². The summed E-state index contributed by atoms with van der Waals surface area (Å²) in [5.41, 5.74) is 7.41. The Morgan fingerprint density at radius 2 is 2.26 bits per heavy atom. The zero-order valence-corrected chi connectivity index (χ0v) is 13.1. The van der Waals surface area contributed by atoms with Gasteiger partial charge >= 0.3 is 0 Å². The van der Waals surface area contributed by atoms with Gasteiger partial charge in [-0.15, -0.1) is 0 Å². The smallest absolute Gasteiger partial charge is 0.126 e. The van der Waals surface area contributed by atoms with Gasteiger partial charge in [0.2, 0.25) is 0 Å². The van der Waals surface area contributed by atoms with Gasteiger partial charge in [0.1, 0.15) is 11.4 Å². The monoisotopic (exact) mass is 324 g/mol. The van der Waals surface area contributed by atoms with Gasteiger partial charge in [-0.25, -0.2) is 0 Å². The lowest BCUT2D eigenvalue weighted by Gasteiger charge is -2.39. The van der Waals surface area contributed by atoms with Gasteiger partial charge in [-0.3, -0.25) is 4.90 Å². The van der Waals surface area contributed by atoms with Crippen LogP contribution in [-0.2, 0) is 0 Å². The second kappa shape index (κ2) is 4.76. The minimum absolute atomic E-state index is 0.0858. The zero-order chi connectivity index (χ0) is 13.6. The van der Waals surface area contributed by atoms with Crippen LogP contribution in [0.2, 0.25) is 0 Å². The quantitative estimate of drug-likeness (QED) is 0.862. The second-order valence-electron chi connectivity index (χ2n) is 6.09. The first-order valence-electron chi connectivity index (χ1n) is 6.97. The van der Waals surface area contributed by atoms with Gasteiger partial charge in [0.25, 0.3) is 0 Å². The lowest BCUT2D eigenvalue weighted by Crippen LogP contribution is -2.46. The number of fused-ring (bicyclic) bond motifs is 1. The number of likely N-dealkylation sites (tertiary alicyclic amines) is 1. The number of ether oxygens (including phenoxy) is 1. The van der Waals surface area contributed by atoms with Crippen molar-refractivity contribution < 1.29 is 4.74 Å². The van der Waals surface area contributed by atoms with Crippen molar-refractivity contribution in [1.82, 2.24) is 4.90 Å². The van der Waals surface area contributed by atoms with Crippen molar-refractivity contribution >= 4 is 15.9 Å². The summed E-state index contributed by atoms with van der Waals surface area (Å²) in [5, 5.41) is 0. The van der Waals surface area contributed by atoms with Crippen molar-refractivity contribution in [3.63, 3.8) is 0 Å². The highest BCUT2D eigenvalue weighted by Crippen LogP contribution is 2.43. The predicted octanol–water partition coefficient (Wildman–Crippen LogP) is 3.08. The third-order valence-electron chi connectivity index (χ3n) is 4.37. The highest BCUT2D eigenvalue weighted by molar-refractivity contribution is 9.10. The third kappa shape index (κ3) is 2.41. The molecule has 2 atom stereocenters. The van der Waals surface area contributed by atoms with E-state index in [1.807, 2.05) is 12.1 Å². The fourth-order valence-corrected chi connectivity index (χ4v) is 3.59. The molecule has 0 saturated carbocycles. The average molecular weight is 325 g/mol. The molecular formula is C15H21BrN2O. The first kappa shape index (κ1) is 13.4. The largest absolute Gasteiger partial charge is 0.485 e. The molecule has 4 heteroatoms. The Balaban J connectivity index is 1.88. The van der Waals surface area contributed by atoms with E-state index >= 15 is 0 Å². The summed E-state index contributed by atoms with van der Waals surface area (Å²) in [6.07, 6.45) is 2.00. The molecule has 2 N–H and O–H groups in total. The van der Waals surface area contributed by atoms with Crippen LogP contribution >= 0.6 is 15.9 Å². The van der Waals surface area contributed by atoms with E-state index < -0.39 is 0 Å². The first-order chi connectivity index (χ1) is 8.99. The third-order valence-corrected chi connectivity index (χ3v) is 4.86. The number of hydrogen-bond acceptors (Lipinski definition) is 3. The van der Waals surface area contributed by atoms with Gasteiger partial charge in [-0.1, -0.05) is 22.0 Å². The molecule has 3 nitrogen and oxygen atoms in total. The molecule has 1 saturated heterocycles. The molecule has 0 aliphatic carbocycles. The molecule has 1 aromatic rings. The van der Waals surface area contributed by atoms with E-state index in [0.29, 0.717) is 6.04 Å². The molecule has 1 aromatic carbocycles. The highest BCUT2D eigenvalue weighted by atomic mass is 79.9. The molecule has 1 fully saturated rings. The van der Waals surface area contributed by atoms with Crippen LogP contribution in [0.1, 0.15) is 38.3 Å². The normalized spacial score (nSPS) is 30.7. The molecule has 2 heterocycles. The Hall–Kier alpha value is -0.580. The molecule has 0 amide bonds. The number of halogens is 1. The zero-order valence-electron chi connectivity index (χ0n) is 11.5. The summed E-state index contributed by atoms with van der Waals surface area (Å²) in [7, 11) is 0. The highest BCUT2D eigenvalue weighted by Gasteiger charge is 2.45. The standard InChI is InChI=1S/C15H21BrN2O/c1-10(2)18-6-5-15(9-18)8-13(17)12-4-3-11(16)7-14(12)19-15/h3-4,7,10,13H,5-6,8-9,17H2,1-2H3/t13-,15?/m1/s1. The maximum atomic E-state index is 6.36. The van der Waals surface area contributed by atoms with E-state index in [1.54, 1.807) is 0 Å². The Bertz CT molecular complexity index is 491. The van der Waals surface area contributed by atoms with Crippen LogP contribution in [0.5, 0.6) is 5.75 Å². The maximum Gasteiger partial charge on any atom is 0.126 e. The molecule has 0 radical (unpaired) electrons. The predicted molar refractivity (Wildman–Crippen MR) is 80.4 cm³/mol. The van der Waals surface area contributed by atoms with Gasteiger partial charge in [-0.2, -0.15) is 0 Å². The van der Waals surface area contributed by atoms with E-state index in [9.17, 15) is 0 Å². The van der Waals surface area contributed by atoms with Crippen molar-refractivity contribution in [2.24, 2.45) is 5.73 Å². The Kier molecular flexibility index (Phi) is 3.36. The number of nitrogens with zero attached hydrogens (tertiary/aromatic N) is 1. The Morgan fingerprint density at radius 3 is 2.95 bits per heavy atom. The number of hydrogen-bond donors (Lipinski definition) is 1. The van der Waals surface area contributed by atoms with Crippen LogP contribution < -0.4 is 10.5 Å². The summed E-state index contributed by atoms with van der Waals surface area (Å²) < 4.78 is 7.41. The molecule has 2 aliphatic heterocycles. The van der Waals surface area contributed by atoms with E-state index in [-0.39, 0.29) is 11.6 Å². The summed E-state index contributed by atoms with van der Waals surface area (Å²) >= 11 is 3.51. The van der Waals surface area contributed by atoms with Gasteiger partial charge in [0, 0.05) is 48.1 Å². The fourth-order valence-electron chi connectivity index (χ4n) is 3.25. The van der Waals surface area contributed by atoms with Crippen LogP contribution in [0, 0.1) is 0 Å². The second-order valence-corrected chi connectivity index (χ2v) is 7.01. The fraction of sp³-hybridized carbons (Fsp3) is 0.600. The van der Waals surface area contributed by atoms with Crippen LogP contribution in [0.3, 0.4) is 0 Å². The minimum atomic E-state index is -0.0858. The van der Waals surface area contributed by atoms with Gasteiger partial charge in [0.15, 0.2) is 0 Å². The van der Waals surface area contributed by atoms with Crippen LogP contribution in [0.25, 0.3) is 0 Å². The summed E-state index contributed by atoms with van der Waals surface area (Å²) in [4.78, 5) is 2.48. The van der Waals surface area contributed by atoms with Crippen molar-refractivity contribution in [3.05, 3.63) is 28.2 Å². The van der Waals surface area contributed by atoms with E-state index in [4.69, 9.17) is 10.5 Å². The Labute approximate surface area is 123 Å². The SMILES string of the molecule is CC(C)N1CCC2(C[C@@H](N)c3ccc(Br)cc3O2)C1. The molecule has 0 bridgehead atoms. The van der Waals surface area contributed by atoms with Crippen molar-refractivity contribution in [3.8, 4) is 5.75 Å². The van der Waals surface area contributed by atoms with Gasteiger partial charge in [0.05, 0.1) is 0 Å². The lowest BCUT2D eigenvalue weighted by atomic mass is 9.87. The van der Waals surface area contributed by atoms with Crippen LogP contribution in [-0.4, -0.2) is 29.6 Å². The maximum absolute atomic E-state index is 6.36. The summed E-state index contributed by atoms with van der Waals surface area (Å²) in [5.74, 6) is 0.957. The summed E-state index contributed by atoms with van der Waals surface area (Å²) in [6.45, 7) is 6.58. The number of nitrogens with two attached hydrogens (primary N) is 1. The van der Waals surface area contributed by atoms with Crippen molar-refractivity contribution in [1.29, 1.82) is 0 Å². The van der Waals surface area contributed by atoms with E-state index in [0.717, 1.165) is 41.7 Å². The van der Waals surface area contributed by atoms with E-state index in [2.05, 4.69) is 40.7 Å². The summed E-state index contributed by atoms with van der Waals surface area (Å²) in [6, 6.07) is 6.82. The number of rotatable bonds is 1.